The molecular formula is C20H18N4S. The fourth-order valence-corrected chi connectivity index (χ4v) is 3.11. The van der Waals surface area contributed by atoms with Crippen molar-refractivity contribution >= 4 is 22.7 Å². The molecule has 0 unspecified atom stereocenters. The molecule has 4 nitrogen and oxygen atoms in total. The van der Waals surface area contributed by atoms with Crippen LogP contribution in [-0.2, 0) is 0 Å². The molecule has 25 heavy (non-hydrogen) atoms. The van der Waals surface area contributed by atoms with E-state index in [9.17, 15) is 5.26 Å². The Morgan fingerprint density at radius 3 is 2.60 bits per heavy atom. The summed E-state index contributed by atoms with van der Waals surface area (Å²) in [5.41, 5.74) is 9.55. The van der Waals surface area contributed by atoms with Crippen LogP contribution in [0.25, 0.3) is 11.3 Å². The summed E-state index contributed by atoms with van der Waals surface area (Å²) in [7, 11) is 0. The lowest BCUT2D eigenvalue weighted by Gasteiger charge is -2.07. The molecule has 5 heteroatoms. The third kappa shape index (κ3) is 3.76. The van der Waals surface area contributed by atoms with Crippen molar-refractivity contribution in [3.63, 3.8) is 0 Å². The van der Waals surface area contributed by atoms with E-state index in [0.717, 1.165) is 22.5 Å². The molecule has 0 spiro atoms. The van der Waals surface area contributed by atoms with Crippen molar-refractivity contribution in [2.75, 3.05) is 5.43 Å². The number of aromatic nitrogens is 1. The van der Waals surface area contributed by atoms with E-state index >= 15 is 0 Å². The minimum Gasteiger partial charge on any atom is -0.277 e. The van der Waals surface area contributed by atoms with E-state index < -0.39 is 0 Å². The predicted molar refractivity (Wildman–Crippen MR) is 104 cm³/mol. The number of aryl methyl sites for hydroxylation is 2. The van der Waals surface area contributed by atoms with Crippen LogP contribution >= 0.6 is 11.3 Å². The summed E-state index contributed by atoms with van der Waals surface area (Å²) >= 11 is 1.42. The summed E-state index contributed by atoms with van der Waals surface area (Å²) in [6, 6.07) is 16.3. The molecule has 0 amide bonds. The molecule has 3 rings (SSSR count). The average Bonchev–Trinajstić information content (AvgIpc) is 3.09. The number of benzene rings is 2. The zero-order chi connectivity index (χ0) is 17.8. The van der Waals surface area contributed by atoms with Crippen molar-refractivity contribution in [1.82, 2.24) is 4.98 Å². The molecule has 0 saturated carbocycles. The van der Waals surface area contributed by atoms with E-state index in [0.29, 0.717) is 5.01 Å². The Balaban J connectivity index is 1.85. The zero-order valence-corrected chi connectivity index (χ0v) is 15.2. The van der Waals surface area contributed by atoms with Crippen LogP contribution in [0.2, 0.25) is 0 Å². The number of hydrazone groups is 1. The van der Waals surface area contributed by atoms with Crippen molar-refractivity contribution in [2.45, 2.75) is 20.8 Å². The maximum absolute atomic E-state index is 9.44. The molecule has 0 aliphatic rings. The van der Waals surface area contributed by atoms with Gasteiger partial charge in [0.25, 0.3) is 0 Å². The maximum atomic E-state index is 9.44. The van der Waals surface area contributed by atoms with Gasteiger partial charge in [-0.05, 0) is 38.0 Å². The highest BCUT2D eigenvalue weighted by Gasteiger charge is 2.11. The van der Waals surface area contributed by atoms with Crippen LogP contribution in [0.1, 0.15) is 21.7 Å². The van der Waals surface area contributed by atoms with E-state index in [-0.39, 0.29) is 5.71 Å². The number of nitrogens with one attached hydrogen (secondary N) is 1. The monoisotopic (exact) mass is 346 g/mol. The highest BCUT2D eigenvalue weighted by atomic mass is 32.1. The smallest absolute Gasteiger partial charge is 0.196 e. The minimum atomic E-state index is 0.282. The summed E-state index contributed by atoms with van der Waals surface area (Å²) in [4.78, 5) is 4.56. The molecule has 124 valence electrons. The van der Waals surface area contributed by atoms with E-state index in [1.807, 2.05) is 49.6 Å². The van der Waals surface area contributed by atoms with Crippen LogP contribution in [0.15, 0.2) is 52.9 Å². The number of nitriles is 1. The highest BCUT2D eigenvalue weighted by molar-refractivity contribution is 7.12. The van der Waals surface area contributed by atoms with Gasteiger partial charge in [0, 0.05) is 10.9 Å². The average molecular weight is 346 g/mol. The Morgan fingerprint density at radius 2 is 1.88 bits per heavy atom. The Morgan fingerprint density at radius 1 is 1.12 bits per heavy atom. The Bertz CT molecular complexity index is 962. The number of rotatable bonds is 4. The highest BCUT2D eigenvalue weighted by Crippen LogP contribution is 2.23. The minimum absolute atomic E-state index is 0.282. The first-order valence-electron chi connectivity index (χ1n) is 7.91. The number of hydrogen-bond donors (Lipinski definition) is 1. The van der Waals surface area contributed by atoms with Crippen molar-refractivity contribution in [3.05, 3.63) is 69.5 Å². The van der Waals surface area contributed by atoms with Crippen LogP contribution < -0.4 is 5.43 Å². The predicted octanol–water partition coefficient (Wildman–Crippen LogP) is 5.08. The first-order chi connectivity index (χ1) is 12.1. The molecule has 0 radical (unpaired) electrons. The van der Waals surface area contributed by atoms with Gasteiger partial charge in [-0.15, -0.1) is 11.3 Å². The van der Waals surface area contributed by atoms with Gasteiger partial charge in [0.2, 0.25) is 0 Å². The van der Waals surface area contributed by atoms with Gasteiger partial charge < -0.3 is 0 Å². The normalized spacial score (nSPS) is 11.2. The number of anilines is 1. The number of thiazole rings is 1. The second-order valence-electron chi connectivity index (χ2n) is 5.84. The third-order valence-electron chi connectivity index (χ3n) is 4.05. The second-order valence-corrected chi connectivity index (χ2v) is 6.69. The summed E-state index contributed by atoms with van der Waals surface area (Å²) in [6.07, 6.45) is 0. The van der Waals surface area contributed by atoms with Crippen LogP contribution in [0.3, 0.4) is 0 Å². The summed E-state index contributed by atoms with van der Waals surface area (Å²) in [5, 5.41) is 16.3. The fourth-order valence-electron chi connectivity index (χ4n) is 2.35. The van der Waals surface area contributed by atoms with E-state index in [1.54, 1.807) is 0 Å². The molecule has 1 aromatic heterocycles. The third-order valence-corrected chi connectivity index (χ3v) is 4.90. The molecule has 1 heterocycles. The summed E-state index contributed by atoms with van der Waals surface area (Å²) < 4.78 is 0. The molecule has 0 aliphatic carbocycles. The van der Waals surface area contributed by atoms with Gasteiger partial charge in [-0.25, -0.2) is 4.98 Å². The lowest BCUT2D eigenvalue weighted by molar-refractivity contribution is 1.26. The van der Waals surface area contributed by atoms with Crippen LogP contribution in [0, 0.1) is 32.1 Å². The van der Waals surface area contributed by atoms with Crippen molar-refractivity contribution in [2.24, 2.45) is 5.10 Å². The molecule has 1 N–H and O–H groups in total. The van der Waals surface area contributed by atoms with Gasteiger partial charge in [0.15, 0.2) is 10.7 Å². The Hall–Kier alpha value is -2.97. The molecule has 0 saturated heterocycles. The molecule has 2 aromatic carbocycles. The van der Waals surface area contributed by atoms with E-state index in [4.69, 9.17) is 0 Å². The summed E-state index contributed by atoms with van der Waals surface area (Å²) in [5.74, 6) is 0. The number of nitrogens with zero attached hydrogens (tertiary/aromatic N) is 3. The number of hydrogen-bond acceptors (Lipinski definition) is 5. The molecule has 0 aliphatic heterocycles. The summed E-state index contributed by atoms with van der Waals surface area (Å²) in [6.45, 7) is 6.12. The topological polar surface area (TPSA) is 61.1 Å². The second kappa shape index (κ2) is 7.29. The van der Waals surface area contributed by atoms with Gasteiger partial charge in [-0.3, -0.25) is 5.43 Å². The standard InChI is InChI=1S/C20H18N4S/c1-13-7-9-16(10-8-13)19-12-25-20(22-19)18(11-21)24-23-17-6-4-5-14(2)15(17)3/h4-10,12,23H,1-3H3. The molecule has 0 atom stereocenters. The fraction of sp³-hybridized carbons (Fsp3) is 0.150. The molecular weight excluding hydrogens is 328 g/mol. The molecule has 3 aromatic rings. The van der Waals surface area contributed by atoms with Crippen molar-refractivity contribution < 1.29 is 0 Å². The van der Waals surface area contributed by atoms with E-state index in [2.05, 4.69) is 40.6 Å². The van der Waals surface area contributed by atoms with Gasteiger partial charge in [0.05, 0.1) is 11.4 Å². The molecule has 0 fully saturated rings. The van der Waals surface area contributed by atoms with Crippen LogP contribution in [0.4, 0.5) is 5.69 Å². The van der Waals surface area contributed by atoms with Gasteiger partial charge in [0.1, 0.15) is 6.07 Å². The Labute approximate surface area is 151 Å². The quantitative estimate of drug-likeness (QED) is 0.529. The Kier molecular flexibility index (Phi) is 4.92. The SMILES string of the molecule is Cc1ccc(-c2csc(C(C#N)=NNc3cccc(C)c3C)n2)cc1. The maximum Gasteiger partial charge on any atom is 0.196 e. The molecule has 0 bridgehead atoms. The van der Waals surface area contributed by atoms with Crippen molar-refractivity contribution in [3.8, 4) is 17.3 Å². The van der Waals surface area contributed by atoms with Gasteiger partial charge in [-0.2, -0.15) is 10.4 Å². The lowest BCUT2D eigenvalue weighted by atomic mass is 10.1. The lowest BCUT2D eigenvalue weighted by Crippen LogP contribution is -2.02. The zero-order valence-electron chi connectivity index (χ0n) is 14.4. The van der Waals surface area contributed by atoms with E-state index in [1.165, 1.54) is 22.5 Å². The largest absolute Gasteiger partial charge is 0.277 e. The first-order valence-corrected chi connectivity index (χ1v) is 8.79. The van der Waals surface area contributed by atoms with Gasteiger partial charge in [-0.1, -0.05) is 42.0 Å². The first kappa shape index (κ1) is 16.9. The van der Waals surface area contributed by atoms with Crippen LogP contribution in [0.5, 0.6) is 0 Å². The van der Waals surface area contributed by atoms with Crippen molar-refractivity contribution in [1.29, 1.82) is 5.26 Å². The van der Waals surface area contributed by atoms with Crippen LogP contribution in [-0.4, -0.2) is 10.7 Å². The van der Waals surface area contributed by atoms with Gasteiger partial charge >= 0.3 is 0 Å².